The molecule has 0 aliphatic rings. The second kappa shape index (κ2) is 5.31. The van der Waals surface area contributed by atoms with Crippen LogP contribution in [0.15, 0.2) is 36.7 Å². The van der Waals surface area contributed by atoms with Crippen molar-refractivity contribution >= 4 is 5.69 Å². The lowest BCUT2D eigenvalue weighted by Gasteiger charge is -2.08. The third-order valence-corrected chi connectivity index (χ3v) is 2.52. The predicted octanol–water partition coefficient (Wildman–Crippen LogP) is 2.18. The molecule has 0 spiro atoms. The molecular weight excluding hydrogens is 234 g/mol. The highest BCUT2D eigenvalue weighted by atomic mass is 16.6. The van der Waals surface area contributed by atoms with Gasteiger partial charge in [-0.2, -0.15) is 5.10 Å². The summed E-state index contributed by atoms with van der Waals surface area (Å²) in [4.78, 5) is 10.5. The maximum Gasteiger partial charge on any atom is 0.313 e. The predicted molar refractivity (Wildman–Crippen MR) is 65.6 cm³/mol. The van der Waals surface area contributed by atoms with Gasteiger partial charge < -0.3 is 4.74 Å². The minimum Gasteiger partial charge on any atom is -0.485 e. The highest BCUT2D eigenvalue weighted by molar-refractivity contribution is 5.51. The van der Waals surface area contributed by atoms with Crippen LogP contribution in [-0.4, -0.2) is 21.3 Å². The van der Waals surface area contributed by atoms with Gasteiger partial charge in [-0.1, -0.05) is 12.1 Å². The standard InChI is InChI=1S/C12H13N3O3/c1-10-4-2-5-11(12(10)15(16)17)18-9-8-14-7-3-6-13-14/h2-7H,8-9H2,1H3. The van der Waals surface area contributed by atoms with Crippen LogP contribution in [0.5, 0.6) is 5.75 Å². The average Bonchev–Trinajstić information content (AvgIpc) is 2.81. The normalized spacial score (nSPS) is 10.3. The lowest BCUT2D eigenvalue weighted by Crippen LogP contribution is -2.09. The fourth-order valence-electron chi connectivity index (χ4n) is 1.66. The van der Waals surface area contributed by atoms with E-state index in [2.05, 4.69) is 5.10 Å². The summed E-state index contributed by atoms with van der Waals surface area (Å²) in [5, 5.41) is 15.0. The molecule has 0 aliphatic heterocycles. The van der Waals surface area contributed by atoms with E-state index in [1.165, 1.54) is 0 Å². The summed E-state index contributed by atoms with van der Waals surface area (Å²) >= 11 is 0. The number of hydrogen-bond donors (Lipinski definition) is 0. The number of hydrogen-bond acceptors (Lipinski definition) is 4. The Labute approximate surface area is 104 Å². The van der Waals surface area contributed by atoms with Crippen LogP contribution >= 0.6 is 0 Å². The van der Waals surface area contributed by atoms with E-state index in [9.17, 15) is 10.1 Å². The zero-order chi connectivity index (χ0) is 13.0. The number of aromatic nitrogens is 2. The van der Waals surface area contributed by atoms with Gasteiger partial charge in [0, 0.05) is 18.0 Å². The van der Waals surface area contributed by atoms with Crippen molar-refractivity contribution in [2.24, 2.45) is 0 Å². The molecular formula is C12H13N3O3. The third kappa shape index (κ3) is 2.65. The largest absolute Gasteiger partial charge is 0.485 e. The molecule has 0 radical (unpaired) electrons. The van der Waals surface area contributed by atoms with Gasteiger partial charge in [0.25, 0.3) is 0 Å². The van der Waals surface area contributed by atoms with Gasteiger partial charge in [-0.15, -0.1) is 0 Å². The molecule has 6 nitrogen and oxygen atoms in total. The summed E-state index contributed by atoms with van der Waals surface area (Å²) in [5.74, 6) is 0.298. The van der Waals surface area contributed by atoms with Crippen molar-refractivity contribution < 1.29 is 9.66 Å². The number of rotatable bonds is 5. The number of nitro benzene ring substituents is 1. The SMILES string of the molecule is Cc1cccc(OCCn2cccn2)c1[N+](=O)[O-]. The van der Waals surface area contributed by atoms with Crippen LogP contribution in [-0.2, 0) is 6.54 Å². The summed E-state index contributed by atoms with van der Waals surface area (Å²) < 4.78 is 7.16. The Morgan fingerprint density at radius 2 is 2.28 bits per heavy atom. The molecule has 2 rings (SSSR count). The van der Waals surface area contributed by atoms with Gasteiger partial charge in [0.2, 0.25) is 0 Å². The molecule has 18 heavy (non-hydrogen) atoms. The van der Waals surface area contributed by atoms with Crippen molar-refractivity contribution in [2.45, 2.75) is 13.5 Å². The summed E-state index contributed by atoms with van der Waals surface area (Å²) in [7, 11) is 0. The van der Waals surface area contributed by atoms with Crippen molar-refractivity contribution in [1.82, 2.24) is 9.78 Å². The summed E-state index contributed by atoms with van der Waals surface area (Å²) in [6, 6.07) is 6.85. The van der Waals surface area contributed by atoms with Crippen molar-refractivity contribution in [3.63, 3.8) is 0 Å². The fourth-order valence-corrected chi connectivity index (χ4v) is 1.66. The average molecular weight is 247 g/mol. The van der Waals surface area contributed by atoms with Crippen molar-refractivity contribution in [2.75, 3.05) is 6.61 Å². The first-order valence-electron chi connectivity index (χ1n) is 5.52. The highest BCUT2D eigenvalue weighted by Crippen LogP contribution is 2.29. The molecule has 2 aromatic rings. The number of para-hydroxylation sites is 1. The van der Waals surface area contributed by atoms with Crippen molar-refractivity contribution in [3.05, 3.63) is 52.3 Å². The molecule has 0 saturated carbocycles. The van der Waals surface area contributed by atoms with E-state index in [0.717, 1.165) is 0 Å². The highest BCUT2D eigenvalue weighted by Gasteiger charge is 2.17. The Balaban J connectivity index is 2.05. The Morgan fingerprint density at radius 3 is 2.94 bits per heavy atom. The first-order valence-corrected chi connectivity index (χ1v) is 5.52. The quantitative estimate of drug-likeness (QED) is 0.599. The number of aryl methyl sites for hydroxylation is 1. The Kier molecular flexibility index (Phi) is 3.57. The smallest absolute Gasteiger partial charge is 0.313 e. The minimum absolute atomic E-state index is 0.0259. The number of nitro groups is 1. The van der Waals surface area contributed by atoms with E-state index >= 15 is 0 Å². The van der Waals surface area contributed by atoms with Crippen LogP contribution in [0.4, 0.5) is 5.69 Å². The molecule has 0 unspecified atom stereocenters. The minimum atomic E-state index is -0.418. The van der Waals surface area contributed by atoms with Crippen LogP contribution in [0.2, 0.25) is 0 Å². The third-order valence-electron chi connectivity index (χ3n) is 2.52. The lowest BCUT2D eigenvalue weighted by atomic mass is 10.2. The van der Waals surface area contributed by atoms with Crippen molar-refractivity contribution in [3.8, 4) is 5.75 Å². The molecule has 0 amide bonds. The van der Waals surface area contributed by atoms with E-state index < -0.39 is 4.92 Å². The molecule has 0 N–H and O–H groups in total. The van der Waals surface area contributed by atoms with Crippen LogP contribution < -0.4 is 4.74 Å². The topological polar surface area (TPSA) is 70.2 Å². The van der Waals surface area contributed by atoms with Gasteiger partial charge in [0.05, 0.1) is 11.5 Å². The molecule has 1 aromatic heterocycles. The molecule has 0 saturated heterocycles. The molecule has 0 atom stereocenters. The van der Waals surface area contributed by atoms with E-state index in [1.807, 2.05) is 12.3 Å². The Morgan fingerprint density at radius 1 is 1.44 bits per heavy atom. The second-order valence-electron chi connectivity index (χ2n) is 3.80. The fraction of sp³-hybridized carbons (Fsp3) is 0.250. The summed E-state index contributed by atoms with van der Waals surface area (Å²) in [6.45, 7) is 2.59. The maximum atomic E-state index is 10.9. The van der Waals surface area contributed by atoms with E-state index in [4.69, 9.17) is 4.74 Å². The number of nitrogens with zero attached hydrogens (tertiary/aromatic N) is 3. The first kappa shape index (κ1) is 12.1. The summed E-state index contributed by atoms with van der Waals surface area (Å²) in [5.41, 5.74) is 0.620. The van der Waals surface area contributed by atoms with Gasteiger partial charge in [-0.05, 0) is 19.1 Å². The maximum absolute atomic E-state index is 10.9. The molecule has 0 aliphatic carbocycles. The monoisotopic (exact) mass is 247 g/mol. The van der Waals surface area contributed by atoms with Crippen LogP contribution in [0.3, 0.4) is 0 Å². The lowest BCUT2D eigenvalue weighted by molar-refractivity contribution is -0.386. The molecule has 6 heteroatoms. The molecule has 1 heterocycles. The molecule has 0 fully saturated rings. The van der Waals surface area contributed by atoms with E-state index in [0.29, 0.717) is 24.5 Å². The van der Waals surface area contributed by atoms with Gasteiger partial charge in [0.15, 0.2) is 5.75 Å². The van der Waals surface area contributed by atoms with Gasteiger partial charge >= 0.3 is 5.69 Å². The van der Waals surface area contributed by atoms with Crippen LogP contribution in [0.25, 0.3) is 0 Å². The van der Waals surface area contributed by atoms with Crippen molar-refractivity contribution in [1.29, 1.82) is 0 Å². The zero-order valence-electron chi connectivity index (χ0n) is 9.94. The Hall–Kier alpha value is -2.37. The van der Waals surface area contributed by atoms with Gasteiger partial charge in [0.1, 0.15) is 6.61 Å². The zero-order valence-corrected chi connectivity index (χ0v) is 9.94. The van der Waals surface area contributed by atoms with E-state index in [-0.39, 0.29) is 5.69 Å². The number of benzene rings is 1. The molecule has 0 bridgehead atoms. The second-order valence-corrected chi connectivity index (χ2v) is 3.80. The van der Waals surface area contributed by atoms with Crippen LogP contribution in [0, 0.1) is 17.0 Å². The summed E-state index contributed by atoms with van der Waals surface area (Å²) in [6.07, 6.45) is 3.49. The first-order chi connectivity index (χ1) is 8.68. The van der Waals surface area contributed by atoms with Gasteiger partial charge in [-0.25, -0.2) is 0 Å². The van der Waals surface area contributed by atoms with Crippen LogP contribution in [0.1, 0.15) is 5.56 Å². The Bertz CT molecular complexity index is 538. The van der Waals surface area contributed by atoms with E-state index in [1.54, 1.807) is 36.0 Å². The molecule has 1 aromatic carbocycles. The molecule has 94 valence electrons. The number of ether oxygens (including phenoxy) is 1. The van der Waals surface area contributed by atoms with Gasteiger partial charge in [-0.3, -0.25) is 14.8 Å².